The van der Waals surface area contributed by atoms with Crippen molar-refractivity contribution in [1.29, 1.82) is 0 Å². The zero-order chi connectivity index (χ0) is 19.4. The number of hydrogen-bond donors (Lipinski definition) is 1. The van der Waals surface area contributed by atoms with Gasteiger partial charge in [0.05, 0.1) is 11.4 Å². The van der Waals surface area contributed by atoms with E-state index < -0.39 is 10.0 Å². The summed E-state index contributed by atoms with van der Waals surface area (Å²) in [6, 6.07) is 14.6. The van der Waals surface area contributed by atoms with Crippen molar-refractivity contribution in [3.63, 3.8) is 0 Å². The van der Waals surface area contributed by atoms with E-state index in [4.69, 9.17) is 0 Å². The molecule has 6 nitrogen and oxygen atoms in total. The molecule has 0 aliphatic carbocycles. The number of piperazine rings is 1. The van der Waals surface area contributed by atoms with Crippen LogP contribution in [0, 0.1) is 13.8 Å². The molecule has 7 heteroatoms. The van der Waals surface area contributed by atoms with E-state index in [1.54, 1.807) is 24.3 Å². The van der Waals surface area contributed by atoms with Gasteiger partial charge in [-0.3, -0.25) is 9.69 Å². The fourth-order valence-electron chi connectivity index (χ4n) is 3.11. The molecular weight excluding hydrogens is 362 g/mol. The Kier molecular flexibility index (Phi) is 5.94. The van der Waals surface area contributed by atoms with E-state index in [0.717, 1.165) is 16.8 Å². The molecule has 0 bridgehead atoms. The van der Waals surface area contributed by atoms with Gasteiger partial charge in [-0.05, 0) is 43.7 Å². The lowest BCUT2D eigenvalue weighted by Gasteiger charge is -2.33. The maximum absolute atomic E-state index is 12.7. The van der Waals surface area contributed by atoms with E-state index in [-0.39, 0.29) is 12.5 Å². The Hall–Kier alpha value is -2.22. The lowest BCUT2D eigenvalue weighted by molar-refractivity contribution is -0.117. The second-order valence-electron chi connectivity index (χ2n) is 6.91. The number of aryl methyl sites for hydroxylation is 2. The molecule has 2 aromatic rings. The summed E-state index contributed by atoms with van der Waals surface area (Å²) >= 11 is 0. The van der Waals surface area contributed by atoms with Crippen LogP contribution < -0.4 is 5.32 Å². The first-order valence-electron chi connectivity index (χ1n) is 9.00. The molecule has 1 N–H and O–H groups in total. The zero-order valence-electron chi connectivity index (χ0n) is 15.7. The quantitative estimate of drug-likeness (QED) is 0.854. The smallest absolute Gasteiger partial charge is 0.243 e. The molecule has 0 atom stereocenters. The van der Waals surface area contributed by atoms with Crippen LogP contribution in [0.15, 0.2) is 53.4 Å². The average Bonchev–Trinajstić information content (AvgIpc) is 2.62. The highest BCUT2D eigenvalue weighted by molar-refractivity contribution is 7.89. The number of rotatable bonds is 5. The van der Waals surface area contributed by atoms with Crippen molar-refractivity contribution < 1.29 is 13.2 Å². The molecule has 0 aromatic heterocycles. The Morgan fingerprint density at radius 2 is 1.63 bits per heavy atom. The van der Waals surface area contributed by atoms with E-state index in [2.05, 4.69) is 5.32 Å². The number of carbonyl (C=O) groups excluding carboxylic acids is 1. The highest BCUT2D eigenvalue weighted by atomic mass is 32.2. The van der Waals surface area contributed by atoms with Gasteiger partial charge in [-0.2, -0.15) is 4.31 Å². The first kappa shape index (κ1) is 19.5. The number of carbonyl (C=O) groups is 1. The molecule has 2 aromatic carbocycles. The molecule has 3 rings (SSSR count). The van der Waals surface area contributed by atoms with Gasteiger partial charge in [0, 0.05) is 31.9 Å². The van der Waals surface area contributed by atoms with Gasteiger partial charge in [0.25, 0.3) is 0 Å². The summed E-state index contributed by atoms with van der Waals surface area (Å²) in [6.07, 6.45) is 0. The SMILES string of the molecule is Cc1ccc(S(=O)(=O)N2CCN(CC(=O)Nc3cccc(C)c3)CC2)cc1. The van der Waals surface area contributed by atoms with Crippen LogP contribution in [0.2, 0.25) is 0 Å². The molecule has 0 saturated carbocycles. The monoisotopic (exact) mass is 387 g/mol. The van der Waals surface area contributed by atoms with Gasteiger partial charge < -0.3 is 5.32 Å². The summed E-state index contributed by atoms with van der Waals surface area (Å²) in [5.74, 6) is -0.0876. The van der Waals surface area contributed by atoms with Crippen LogP contribution in [0.1, 0.15) is 11.1 Å². The number of sulfonamides is 1. The second kappa shape index (κ2) is 8.21. The highest BCUT2D eigenvalue weighted by Crippen LogP contribution is 2.18. The number of hydrogen-bond acceptors (Lipinski definition) is 4. The normalized spacial score (nSPS) is 16.2. The summed E-state index contributed by atoms with van der Waals surface area (Å²) in [6.45, 7) is 5.99. The third-order valence-electron chi connectivity index (χ3n) is 4.66. The predicted octanol–water partition coefficient (Wildman–Crippen LogP) is 2.25. The van der Waals surface area contributed by atoms with Gasteiger partial charge in [0.2, 0.25) is 15.9 Å². The van der Waals surface area contributed by atoms with Gasteiger partial charge in [0.15, 0.2) is 0 Å². The molecule has 1 aliphatic rings. The van der Waals surface area contributed by atoms with Crippen LogP contribution in [-0.4, -0.2) is 56.3 Å². The van der Waals surface area contributed by atoms with E-state index in [0.29, 0.717) is 31.1 Å². The Labute approximate surface area is 160 Å². The highest BCUT2D eigenvalue weighted by Gasteiger charge is 2.28. The van der Waals surface area contributed by atoms with Crippen molar-refractivity contribution in [1.82, 2.24) is 9.21 Å². The van der Waals surface area contributed by atoms with Crippen molar-refractivity contribution in [3.05, 3.63) is 59.7 Å². The number of nitrogens with zero attached hydrogens (tertiary/aromatic N) is 2. The summed E-state index contributed by atoms with van der Waals surface area (Å²) in [5, 5.41) is 2.89. The molecule has 1 amide bonds. The first-order chi connectivity index (χ1) is 12.8. The third-order valence-corrected chi connectivity index (χ3v) is 6.57. The maximum Gasteiger partial charge on any atom is 0.243 e. The molecule has 0 spiro atoms. The van der Waals surface area contributed by atoms with E-state index in [1.807, 2.05) is 43.0 Å². The summed E-state index contributed by atoms with van der Waals surface area (Å²) in [5.41, 5.74) is 2.89. The molecule has 1 aliphatic heterocycles. The molecule has 27 heavy (non-hydrogen) atoms. The minimum absolute atomic E-state index is 0.0876. The largest absolute Gasteiger partial charge is 0.325 e. The van der Waals surface area contributed by atoms with Crippen LogP contribution in [-0.2, 0) is 14.8 Å². The van der Waals surface area contributed by atoms with Crippen molar-refractivity contribution >= 4 is 21.6 Å². The van der Waals surface area contributed by atoms with Crippen LogP contribution in [0.25, 0.3) is 0 Å². The number of benzene rings is 2. The number of anilines is 1. The minimum atomic E-state index is -3.48. The second-order valence-corrected chi connectivity index (χ2v) is 8.85. The lowest BCUT2D eigenvalue weighted by atomic mass is 10.2. The molecule has 0 radical (unpaired) electrons. The fraction of sp³-hybridized carbons (Fsp3) is 0.350. The van der Waals surface area contributed by atoms with Crippen LogP contribution >= 0.6 is 0 Å². The number of nitrogens with one attached hydrogen (secondary N) is 1. The van der Waals surface area contributed by atoms with Gasteiger partial charge in [0.1, 0.15) is 0 Å². The molecule has 1 saturated heterocycles. The average molecular weight is 388 g/mol. The fourth-order valence-corrected chi connectivity index (χ4v) is 4.54. The molecule has 1 fully saturated rings. The van der Waals surface area contributed by atoms with E-state index >= 15 is 0 Å². The Bertz CT molecular complexity index is 902. The standard InChI is InChI=1S/C20H25N3O3S/c1-16-6-8-19(9-7-16)27(25,26)23-12-10-22(11-13-23)15-20(24)21-18-5-3-4-17(2)14-18/h3-9,14H,10-13,15H2,1-2H3,(H,21,24). The van der Waals surface area contributed by atoms with Crippen LogP contribution in [0.5, 0.6) is 0 Å². The predicted molar refractivity (Wildman–Crippen MR) is 106 cm³/mol. The molecule has 0 unspecified atom stereocenters. The lowest BCUT2D eigenvalue weighted by Crippen LogP contribution is -2.50. The van der Waals surface area contributed by atoms with Crippen molar-refractivity contribution in [2.75, 3.05) is 38.0 Å². The zero-order valence-corrected chi connectivity index (χ0v) is 16.5. The van der Waals surface area contributed by atoms with E-state index in [9.17, 15) is 13.2 Å². The van der Waals surface area contributed by atoms with Crippen LogP contribution in [0.4, 0.5) is 5.69 Å². The number of amides is 1. The first-order valence-corrected chi connectivity index (χ1v) is 10.4. The Morgan fingerprint density at radius 1 is 0.963 bits per heavy atom. The van der Waals surface area contributed by atoms with Crippen molar-refractivity contribution in [2.24, 2.45) is 0 Å². The summed E-state index contributed by atoms with van der Waals surface area (Å²) < 4.78 is 26.9. The van der Waals surface area contributed by atoms with Gasteiger partial charge >= 0.3 is 0 Å². The maximum atomic E-state index is 12.7. The van der Waals surface area contributed by atoms with Gasteiger partial charge in [-0.25, -0.2) is 8.42 Å². The molecule has 1 heterocycles. The van der Waals surface area contributed by atoms with Crippen molar-refractivity contribution in [2.45, 2.75) is 18.7 Å². The summed E-state index contributed by atoms with van der Waals surface area (Å²) in [7, 11) is -3.48. The Morgan fingerprint density at radius 3 is 2.26 bits per heavy atom. The Balaban J connectivity index is 1.54. The molecule has 144 valence electrons. The van der Waals surface area contributed by atoms with E-state index in [1.165, 1.54) is 4.31 Å². The van der Waals surface area contributed by atoms with Crippen molar-refractivity contribution in [3.8, 4) is 0 Å². The topological polar surface area (TPSA) is 69.7 Å². The minimum Gasteiger partial charge on any atom is -0.325 e. The third kappa shape index (κ3) is 4.94. The van der Waals surface area contributed by atoms with Gasteiger partial charge in [-0.1, -0.05) is 29.8 Å². The van der Waals surface area contributed by atoms with Gasteiger partial charge in [-0.15, -0.1) is 0 Å². The van der Waals surface area contributed by atoms with Crippen LogP contribution in [0.3, 0.4) is 0 Å². The molecular formula is C20H25N3O3S. The summed E-state index contributed by atoms with van der Waals surface area (Å²) in [4.78, 5) is 14.5.